The highest BCUT2D eigenvalue weighted by molar-refractivity contribution is 5.96. The first-order chi connectivity index (χ1) is 13.0. The zero-order valence-electron chi connectivity index (χ0n) is 14.9. The lowest BCUT2D eigenvalue weighted by molar-refractivity contribution is -0.385. The molecule has 8 heteroatoms. The number of anilines is 3. The average molecular weight is 368 g/mol. The number of benzene rings is 2. The molecule has 2 aromatic carbocycles. The van der Waals surface area contributed by atoms with Gasteiger partial charge in [0.05, 0.1) is 11.5 Å². The van der Waals surface area contributed by atoms with Gasteiger partial charge in [-0.05, 0) is 43.7 Å². The van der Waals surface area contributed by atoms with Crippen LogP contribution in [0.15, 0.2) is 42.5 Å². The van der Waals surface area contributed by atoms with Crippen LogP contribution in [0.25, 0.3) is 0 Å². The second kappa shape index (κ2) is 7.86. The molecule has 0 aliphatic carbocycles. The maximum atomic E-state index is 12.1. The van der Waals surface area contributed by atoms with E-state index in [2.05, 4.69) is 10.6 Å². The molecule has 1 aliphatic heterocycles. The van der Waals surface area contributed by atoms with Crippen molar-refractivity contribution < 1.29 is 14.5 Å². The van der Waals surface area contributed by atoms with E-state index >= 15 is 0 Å². The van der Waals surface area contributed by atoms with E-state index < -0.39 is 4.92 Å². The molecule has 8 nitrogen and oxygen atoms in total. The van der Waals surface area contributed by atoms with Crippen molar-refractivity contribution in [3.8, 4) is 0 Å². The lowest BCUT2D eigenvalue weighted by Crippen LogP contribution is -2.24. The van der Waals surface area contributed by atoms with Gasteiger partial charge in [-0.15, -0.1) is 0 Å². The second-order valence-corrected chi connectivity index (χ2v) is 6.30. The maximum absolute atomic E-state index is 12.1. The number of hydrogen-bond donors (Lipinski definition) is 2. The minimum atomic E-state index is -0.451. The highest BCUT2D eigenvalue weighted by atomic mass is 16.6. The SMILES string of the molecule is Cc1c(NCC(=O)Nc2ccc(N3CCCC3=O)cc2)cccc1[N+](=O)[O-]. The van der Waals surface area contributed by atoms with Gasteiger partial charge in [-0.3, -0.25) is 19.7 Å². The fraction of sp³-hybridized carbons (Fsp3) is 0.263. The van der Waals surface area contributed by atoms with E-state index in [9.17, 15) is 19.7 Å². The summed E-state index contributed by atoms with van der Waals surface area (Å²) in [6.45, 7) is 2.34. The predicted octanol–water partition coefficient (Wildman–Crippen LogP) is 3.08. The Balaban J connectivity index is 1.57. The number of amides is 2. The minimum absolute atomic E-state index is 0.00690. The van der Waals surface area contributed by atoms with Crippen LogP contribution >= 0.6 is 0 Å². The van der Waals surface area contributed by atoms with Crippen LogP contribution in [-0.2, 0) is 9.59 Å². The van der Waals surface area contributed by atoms with Gasteiger partial charge in [0, 0.05) is 41.7 Å². The standard InChI is InChI=1S/C19H20N4O4/c1-13-16(4-2-5-17(13)23(26)27)20-12-18(24)21-14-7-9-15(10-8-14)22-11-3-6-19(22)25/h2,4-5,7-10,20H,3,6,11-12H2,1H3,(H,21,24). The minimum Gasteiger partial charge on any atom is -0.376 e. The maximum Gasteiger partial charge on any atom is 0.274 e. The number of hydrogen-bond acceptors (Lipinski definition) is 5. The van der Waals surface area contributed by atoms with Gasteiger partial charge in [0.1, 0.15) is 0 Å². The van der Waals surface area contributed by atoms with Gasteiger partial charge in [0.25, 0.3) is 5.69 Å². The van der Waals surface area contributed by atoms with E-state index in [1.807, 2.05) is 0 Å². The smallest absolute Gasteiger partial charge is 0.274 e. The summed E-state index contributed by atoms with van der Waals surface area (Å²) < 4.78 is 0. The molecule has 140 valence electrons. The highest BCUT2D eigenvalue weighted by Crippen LogP contribution is 2.25. The van der Waals surface area contributed by atoms with Crippen molar-refractivity contribution in [3.63, 3.8) is 0 Å². The summed E-state index contributed by atoms with van der Waals surface area (Å²) in [5, 5.41) is 16.7. The molecular weight excluding hydrogens is 348 g/mol. The summed E-state index contributed by atoms with van der Waals surface area (Å²) in [6, 6.07) is 11.8. The molecule has 0 unspecified atom stereocenters. The fourth-order valence-corrected chi connectivity index (χ4v) is 3.04. The van der Waals surface area contributed by atoms with Gasteiger partial charge in [-0.2, -0.15) is 0 Å². The highest BCUT2D eigenvalue weighted by Gasteiger charge is 2.21. The third-order valence-corrected chi connectivity index (χ3v) is 4.48. The van der Waals surface area contributed by atoms with E-state index in [-0.39, 0.29) is 24.0 Å². The topological polar surface area (TPSA) is 105 Å². The molecular formula is C19H20N4O4. The summed E-state index contributed by atoms with van der Waals surface area (Å²) in [4.78, 5) is 36.1. The van der Waals surface area contributed by atoms with Crippen LogP contribution in [0.1, 0.15) is 18.4 Å². The Labute approximate surface area is 156 Å². The first-order valence-electron chi connectivity index (χ1n) is 8.64. The number of carbonyl (C=O) groups excluding carboxylic acids is 2. The molecule has 27 heavy (non-hydrogen) atoms. The molecule has 0 bridgehead atoms. The Kier molecular flexibility index (Phi) is 5.35. The first kappa shape index (κ1) is 18.4. The van der Waals surface area contributed by atoms with Gasteiger partial charge in [0.15, 0.2) is 0 Å². The molecule has 0 spiro atoms. The fourth-order valence-electron chi connectivity index (χ4n) is 3.04. The van der Waals surface area contributed by atoms with Gasteiger partial charge < -0.3 is 15.5 Å². The molecule has 3 rings (SSSR count). The lowest BCUT2D eigenvalue weighted by atomic mass is 10.1. The molecule has 1 fully saturated rings. The Morgan fingerprint density at radius 1 is 1.22 bits per heavy atom. The van der Waals surface area contributed by atoms with E-state index in [1.54, 1.807) is 48.2 Å². The van der Waals surface area contributed by atoms with E-state index in [0.29, 0.717) is 23.4 Å². The Morgan fingerprint density at radius 2 is 1.96 bits per heavy atom. The molecule has 0 saturated carbocycles. The Morgan fingerprint density at radius 3 is 2.59 bits per heavy atom. The molecule has 1 saturated heterocycles. The normalized spacial score (nSPS) is 13.5. The summed E-state index contributed by atoms with van der Waals surface area (Å²) in [5.74, 6) is -0.158. The number of nitrogens with zero attached hydrogens (tertiary/aromatic N) is 2. The van der Waals surface area contributed by atoms with Crippen molar-refractivity contribution in [2.75, 3.05) is 28.6 Å². The van der Waals surface area contributed by atoms with Crippen LogP contribution in [0.4, 0.5) is 22.7 Å². The summed E-state index contributed by atoms with van der Waals surface area (Å²) in [6.07, 6.45) is 1.43. The number of carbonyl (C=O) groups is 2. The summed E-state index contributed by atoms with van der Waals surface area (Å²) >= 11 is 0. The number of rotatable bonds is 6. The Hall–Kier alpha value is -3.42. The van der Waals surface area contributed by atoms with E-state index in [1.165, 1.54) is 6.07 Å². The molecule has 0 aromatic heterocycles. The van der Waals surface area contributed by atoms with E-state index in [4.69, 9.17) is 0 Å². The van der Waals surface area contributed by atoms with Crippen LogP contribution in [0, 0.1) is 17.0 Å². The van der Waals surface area contributed by atoms with Crippen molar-refractivity contribution in [2.24, 2.45) is 0 Å². The largest absolute Gasteiger partial charge is 0.376 e. The molecule has 0 atom stereocenters. The predicted molar refractivity (Wildman–Crippen MR) is 103 cm³/mol. The summed E-state index contributed by atoms with van der Waals surface area (Å²) in [5.41, 5.74) is 2.47. The van der Waals surface area contributed by atoms with Gasteiger partial charge in [0.2, 0.25) is 11.8 Å². The quantitative estimate of drug-likeness (QED) is 0.602. The van der Waals surface area contributed by atoms with Crippen molar-refractivity contribution in [3.05, 3.63) is 58.1 Å². The first-order valence-corrected chi connectivity index (χ1v) is 8.64. The van der Waals surface area contributed by atoms with Crippen LogP contribution < -0.4 is 15.5 Å². The molecule has 1 heterocycles. The van der Waals surface area contributed by atoms with Gasteiger partial charge >= 0.3 is 0 Å². The van der Waals surface area contributed by atoms with Crippen LogP contribution in [0.5, 0.6) is 0 Å². The van der Waals surface area contributed by atoms with Gasteiger partial charge in [-0.1, -0.05) is 6.07 Å². The molecule has 0 radical (unpaired) electrons. The van der Waals surface area contributed by atoms with Crippen molar-refractivity contribution in [1.82, 2.24) is 0 Å². The van der Waals surface area contributed by atoms with Crippen LogP contribution in [0.2, 0.25) is 0 Å². The monoisotopic (exact) mass is 368 g/mol. The molecule has 2 aromatic rings. The zero-order chi connectivity index (χ0) is 19.4. The molecule has 1 aliphatic rings. The van der Waals surface area contributed by atoms with Crippen molar-refractivity contribution in [2.45, 2.75) is 19.8 Å². The second-order valence-electron chi connectivity index (χ2n) is 6.30. The number of nitro benzene ring substituents is 1. The zero-order valence-corrected chi connectivity index (χ0v) is 14.9. The Bertz CT molecular complexity index is 880. The third-order valence-electron chi connectivity index (χ3n) is 4.48. The lowest BCUT2D eigenvalue weighted by Gasteiger charge is -2.16. The van der Waals surface area contributed by atoms with Crippen LogP contribution in [0.3, 0.4) is 0 Å². The molecule has 2 amide bonds. The van der Waals surface area contributed by atoms with Crippen LogP contribution in [-0.4, -0.2) is 29.8 Å². The van der Waals surface area contributed by atoms with Gasteiger partial charge in [-0.25, -0.2) is 0 Å². The van der Waals surface area contributed by atoms with Crippen molar-refractivity contribution in [1.29, 1.82) is 0 Å². The molecule has 2 N–H and O–H groups in total. The number of nitro groups is 1. The average Bonchev–Trinajstić information content (AvgIpc) is 3.07. The third kappa shape index (κ3) is 4.22. The number of nitrogens with one attached hydrogen (secondary N) is 2. The van der Waals surface area contributed by atoms with E-state index in [0.717, 1.165) is 18.7 Å². The van der Waals surface area contributed by atoms with Crippen molar-refractivity contribution >= 4 is 34.6 Å². The summed E-state index contributed by atoms with van der Waals surface area (Å²) in [7, 11) is 0.